The van der Waals surface area contributed by atoms with Gasteiger partial charge in [-0.25, -0.2) is 4.39 Å². The summed E-state index contributed by atoms with van der Waals surface area (Å²) in [6, 6.07) is 10.5. The van der Waals surface area contributed by atoms with Crippen LogP contribution in [0.25, 0.3) is 11.3 Å². The van der Waals surface area contributed by atoms with Gasteiger partial charge in [-0.15, -0.1) is 0 Å². The Balaban J connectivity index is 1.56. The fraction of sp³-hybridized carbons (Fsp3) is 0.375. The predicted molar refractivity (Wildman–Crippen MR) is 117 cm³/mol. The molecule has 2 heterocycles. The summed E-state index contributed by atoms with van der Waals surface area (Å²) in [6.45, 7) is 5.40. The zero-order chi connectivity index (χ0) is 22.1. The summed E-state index contributed by atoms with van der Waals surface area (Å²) in [7, 11) is 0. The highest BCUT2D eigenvalue weighted by molar-refractivity contribution is 6.36. The lowest BCUT2D eigenvalue weighted by Gasteiger charge is -2.28. The van der Waals surface area contributed by atoms with E-state index in [4.69, 9.17) is 9.84 Å². The molecule has 3 N–H and O–H groups in total. The number of nitrogens with zero attached hydrogens (tertiary/aromatic N) is 1. The lowest BCUT2D eigenvalue weighted by Crippen LogP contribution is -2.40. The van der Waals surface area contributed by atoms with Crippen molar-refractivity contribution < 1.29 is 24.1 Å². The topological polar surface area (TPSA) is 82.0 Å². The number of hydrogen-bond acceptors (Lipinski definition) is 5. The molecule has 7 heteroatoms. The molecule has 0 spiro atoms. The van der Waals surface area contributed by atoms with Gasteiger partial charge in [-0.05, 0) is 44.0 Å². The van der Waals surface area contributed by atoms with Gasteiger partial charge in [-0.3, -0.25) is 9.69 Å². The maximum Gasteiger partial charge on any atom is 0.260 e. The van der Waals surface area contributed by atoms with E-state index in [0.29, 0.717) is 35.7 Å². The van der Waals surface area contributed by atoms with Crippen molar-refractivity contribution in [2.24, 2.45) is 0 Å². The van der Waals surface area contributed by atoms with Gasteiger partial charge in [0.05, 0.1) is 18.3 Å². The van der Waals surface area contributed by atoms with E-state index in [9.17, 15) is 14.3 Å². The number of hydrogen-bond donors (Lipinski definition) is 3. The first kappa shape index (κ1) is 21.5. The Morgan fingerprint density at radius 3 is 2.74 bits per heavy atom. The Bertz CT molecular complexity index is 1030. The van der Waals surface area contributed by atoms with E-state index in [1.165, 1.54) is 12.1 Å². The van der Waals surface area contributed by atoms with Gasteiger partial charge in [0.1, 0.15) is 18.2 Å². The molecule has 164 valence electrons. The molecule has 1 amide bonds. The minimum Gasteiger partial charge on any atom is -0.487 e. The minimum absolute atomic E-state index is 0.247. The molecule has 0 bridgehead atoms. The summed E-state index contributed by atoms with van der Waals surface area (Å²) < 4.78 is 19.7. The molecule has 31 heavy (non-hydrogen) atoms. The van der Waals surface area contributed by atoms with Gasteiger partial charge < -0.3 is 20.3 Å². The van der Waals surface area contributed by atoms with Crippen molar-refractivity contribution in [3.05, 3.63) is 64.5 Å². The van der Waals surface area contributed by atoms with Crippen molar-refractivity contribution >= 4 is 22.9 Å². The Morgan fingerprint density at radius 2 is 2.00 bits per heavy atom. The third-order valence-corrected chi connectivity index (χ3v) is 5.81. The highest BCUT2D eigenvalue weighted by atomic mass is 19.1. The molecule has 2 aromatic carbocycles. The molecule has 0 aliphatic carbocycles. The van der Waals surface area contributed by atoms with Crippen LogP contribution in [-0.2, 0) is 22.6 Å². The number of carbonyl (C=O) groups is 1. The van der Waals surface area contributed by atoms with Crippen molar-refractivity contribution in [3.63, 3.8) is 0 Å². The van der Waals surface area contributed by atoms with E-state index < -0.39 is 11.9 Å². The van der Waals surface area contributed by atoms with Crippen LogP contribution in [0.3, 0.4) is 0 Å². The highest BCUT2D eigenvalue weighted by Crippen LogP contribution is 2.41. The van der Waals surface area contributed by atoms with Crippen LogP contribution in [-0.4, -0.2) is 52.9 Å². The second kappa shape index (κ2) is 8.78. The first-order valence-electron chi connectivity index (χ1n) is 10.5. The van der Waals surface area contributed by atoms with Gasteiger partial charge in [-0.2, -0.15) is 0 Å². The average molecular weight is 426 g/mol. The first-order valence-corrected chi connectivity index (χ1v) is 10.5. The van der Waals surface area contributed by atoms with Gasteiger partial charge in [0.2, 0.25) is 0 Å². The average Bonchev–Trinajstić information content (AvgIpc) is 3.29. The smallest absolute Gasteiger partial charge is 0.260 e. The molecule has 4 rings (SSSR count). The van der Waals surface area contributed by atoms with Gasteiger partial charge in [-0.1, -0.05) is 18.2 Å². The number of halogens is 1. The largest absolute Gasteiger partial charge is 0.487 e. The number of rotatable bonds is 7. The Morgan fingerprint density at radius 1 is 1.19 bits per heavy atom. The zero-order valence-corrected chi connectivity index (χ0v) is 17.7. The van der Waals surface area contributed by atoms with Crippen LogP contribution in [0.2, 0.25) is 0 Å². The molecule has 2 aromatic rings. The van der Waals surface area contributed by atoms with Crippen LogP contribution in [0.1, 0.15) is 36.1 Å². The number of amides is 1. The number of ether oxygens (including phenoxy) is 1. The standard InChI is InChI=1S/C24H27FN2O4/c1-14(2)27(11-18(29)12-28)8-7-15-3-5-19-16(9-15)13-31-23(19)22-20-10-17(25)4-6-21(20)26-24(22)30/h3-6,9-10,14,18,28-29H,7-8,11-13H2,1-2H3,(H,26,30)/b23-22+/t18-/m0/s1. The summed E-state index contributed by atoms with van der Waals surface area (Å²) in [5.74, 6) is -0.205. The van der Waals surface area contributed by atoms with Crippen molar-refractivity contribution in [1.82, 2.24) is 4.90 Å². The lowest BCUT2D eigenvalue weighted by atomic mass is 9.98. The third kappa shape index (κ3) is 4.35. The van der Waals surface area contributed by atoms with Crippen LogP contribution in [0.15, 0.2) is 36.4 Å². The van der Waals surface area contributed by atoms with Gasteiger partial charge in [0, 0.05) is 41.5 Å². The number of carbonyl (C=O) groups excluding carboxylic acids is 1. The van der Waals surface area contributed by atoms with Crippen molar-refractivity contribution in [2.75, 3.05) is 25.0 Å². The monoisotopic (exact) mass is 426 g/mol. The third-order valence-electron chi connectivity index (χ3n) is 5.81. The summed E-state index contributed by atoms with van der Waals surface area (Å²) >= 11 is 0. The van der Waals surface area contributed by atoms with Crippen molar-refractivity contribution in [3.8, 4) is 0 Å². The molecular weight excluding hydrogens is 399 g/mol. The Hall–Kier alpha value is -2.74. The molecule has 0 radical (unpaired) electrons. The van der Waals surface area contributed by atoms with Crippen LogP contribution in [0.5, 0.6) is 0 Å². The van der Waals surface area contributed by atoms with E-state index in [2.05, 4.69) is 30.1 Å². The second-order valence-electron chi connectivity index (χ2n) is 8.30. The summed E-state index contributed by atoms with van der Waals surface area (Å²) in [4.78, 5) is 14.7. The summed E-state index contributed by atoms with van der Waals surface area (Å²) in [5.41, 5.74) is 4.44. The lowest BCUT2D eigenvalue weighted by molar-refractivity contribution is -0.110. The molecule has 2 aliphatic heterocycles. The summed E-state index contributed by atoms with van der Waals surface area (Å²) in [5, 5.41) is 21.7. The van der Waals surface area contributed by atoms with E-state index in [-0.39, 0.29) is 18.6 Å². The van der Waals surface area contributed by atoms with Gasteiger partial charge >= 0.3 is 0 Å². The van der Waals surface area contributed by atoms with Gasteiger partial charge in [0.15, 0.2) is 0 Å². The fourth-order valence-corrected chi connectivity index (χ4v) is 4.10. The number of anilines is 1. The maximum atomic E-state index is 13.8. The minimum atomic E-state index is -0.754. The predicted octanol–water partition coefficient (Wildman–Crippen LogP) is 2.78. The van der Waals surface area contributed by atoms with Crippen molar-refractivity contribution in [2.45, 2.75) is 39.0 Å². The van der Waals surface area contributed by atoms with Crippen LogP contribution >= 0.6 is 0 Å². The molecule has 0 unspecified atom stereocenters. The molecular formula is C24H27FN2O4. The first-order chi connectivity index (χ1) is 14.9. The van der Waals surface area contributed by atoms with E-state index in [0.717, 1.165) is 29.7 Å². The molecule has 0 fully saturated rings. The molecule has 0 aromatic heterocycles. The Labute approximate surface area is 181 Å². The van der Waals surface area contributed by atoms with E-state index >= 15 is 0 Å². The quantitative estimate of drug-likeness (QED) is 0.593. The highest BCUT2D eigenvalue weighted by Gasteiger charge is 2.32. The molecule has 2 aliphatic rings. The molecule has 0 saturated heterocycles. The van der Waals surface area contributed by atoms with Crippen LogP contribution in [0, 0.1) is 5.82 Å². The van der Waals surface area contributed by atoms with E-state index in [1.807, 2.05) is 12.1 Å². The van der Waals surface area contributed by atoms with Crippen molar-refractivity contribution in [1.29, 1.82) is 0 Å². The molecule has 0 saturated carbocycles. The summed E-state index contributed by atoms with van der Waals surface area (Å²) in [6.07, 6.45) is 0.0274. The molecule has 6 nitrogen and oxygen atoms in total. The number of fused-ring (bicyclic) bond motifs is 2. The number of benzene rings is 2. The van der Waals surface area contributed by atoms with E-state index in [1.54, 1.807) is 6.07 Å². The fourth-order valence-electron chi connectivity index (χ4n) is 4.10. The second-order valence-corrected chi connectivity index (χ2v) is 8.30. The van der Waals surface area contributed by atoms with Gasteiger partial charge in [0.25, 0.3) is 5.91 Å². The number of aliphatic hydroxyl groups excluding tert-OH is 2. The number of aliphatic hydroxyl groups is 2. The maximum absolute atomic E-state index is 13.8. The SMILES string of the molecule is CC(C)N(CCc1ccc2c(c1)CO/C2=C1/C(=O)Nc2ccc(F)cc21)C[C@H](O)CO. The molecule has 1 atom stereocenters. The van der Waals surface area contributed by atoms with Crippen LogP contribution < -0.4 is 5.32 Å². The Kier molecular flexibility index (Phi) is 6.09. The zero-order valence-electron chi connectivity index (χ0n) is 17.7. The van der Waals surface area contributed by atoms with Crippen LogP contribution in [0.4, 0.5) is 10.1 Å². The normalized spacial score (nSPS) is 18.2. The number of nitrogens with one attached hydrogen (secondary N) is 1.